The SMILES string of the molecule is CCCC(CC)(COC(=O)CCc1cc(C(C)(C)C)c(O)c(C(C)(C)C)c1)[N+](=O)[O-]. The van der Waals surface area contributed by atoms with E-state index in [9.17, 15) is 20.0 Å². The zero-order valence-corrected chi connectivity index (χ0v) is 19.9. The molecular formula is C24H39NO5. The number of benzene rings is 1. The Balaban J connectivity index is 2.99. The molecule has 6 nitrogen and oxygen atoms in total. The van der Waals surface area contributed by atoms with Crippen LogP contribution in [0, 0.1) is 10.1 Å². The van der Waals surface area contributed by atoms with E-state index in [4.69, 9.17) is 4.74 Å². The van der Waals surface area contributed by atoms with Gasteiger partial charge in [0.25, 0.3) is 5.54 Å². The van der Waals surface area contributed by atoms with Crippen LogP contribution in [-0.2, 0) is 26.8 Å². The molecule has 0 heterocycles. The fourth-order valence-electron chi connectivity index (χ4n) is 3.60. The summed E-state index contributed by atoms with van der Waals surface area (Å²) in [5.74, 6) is -0.131. The van der Waals surface area contributed by atoms with Crippen LogP contribution in [0.15, 0.2) is 12.1 Å². The highest BCUT2D eigenvalue weighted by Crippen LogP contribution is 2.40. The molecule has 1 aromatic rings. The highest BCUT2D eigenvalue weighted by molar-refractivity contribution is 5.70. The molecule has 0 saturated heterocycles. The number of aryl methyl sites for hydroxylation is 1. The number of nitrogens with zero attached hydrogens (tertiary/aromatic N) is 1. The van der Waals surface area contributed by atoms with Gasteiger partial charge in [0.2, 0.25) is 0 Å². The van der Waals surface area contributed by atoms with Gasteiger partial charge >= 0.3 is 5.97 Å². The van der Waals surface area contributed by atoms with Gasteiger partial charge in [0, 0.05) is 24.2 Å². The minimum absolute atomic E-state index is 0.140. The quantitative estimate of drug-likeness (QED) is 0.314. The van der Waals surface area contributed by atoms with E-state index in [-0.39, 0.29) is 28.8 Å². The number of carbonyl (C=O) groups excluding carboxylic acids is 1. The van der Waals surface area contributed by atoms with Gasteiger partial charge in [-0.05, 0) is 40.4 Å². The van der Waals surface area contributed by atoms with Gasteiger partial charge in [-0.25, -0.2) is 0 Å². The summed E-state index contributed by atoms with van der Waals surface area (Å²) in [6.45, 7) is 15.7. The molecule has 0 aliphatic rings. The Morgan fingerprint density at radius 3 is 1.93 bits per heavy atom. The third-order valence-electron chi connectivity index (χ3n) is 5.67. The number of hydrogen-bond acceptors (Lipinski definition) is 5. The molecule has 1 rings (SSSR count). The molecule has 6 heteroatoms. The minimum atomic E-state index is -1.21. The molecule has 1 atom stereocenters. The summed E-state index contributed by atoms with van der Waals surface area (Å²) in [7, 11) is 0. The fraction of sp³-hybridized carbons (Fsp3) is 0.708. The number of ether oxygens (including phenoxy) is 1. The number of rotatable bonds is 9. The molecular weight excluding hydrogens is 382 g/mol. The molecule has 0 aliphatic heterocycles. The van der Waals surface area contributed by atoms with E-state index in [1.54, 1.807) is 6.92 Å². The van der Waals surface area contributed by atoms with Crippen molar-refractivity contribution in [2.75, 3.05) is 6.61 Å². The second-order valence-electron chi connectivity index (χ2n) is 10.3. The van der Waals surface area contributed by atoms with Crippen LogP contribution in [0.2, 0.25) is 0 Å². The Morgan fingerprint density at radius 1 is 1.07 bits per heavy atom. The molecule has 0 bridgehead atoms. The molecule has 170 valence electrons. The lowest BCUT2D eigenvalue weighted by Crippen LogP contribution is -2.43. The summed E-state index contributed by atoms with van der Waals surface area (Å²) < 4.78 is 5.32. The van der Waals surface area contributed by atoms with Crippen molar-refractivity contribution in [2.45, 2.75) is 104 Å². The third kappa shape index (κ3) is 6.44. The van der Waals surface area contributed by atoms with Gasteiger partial charge in [-0.2, -0.15) is 0 Å². The summed E-state index contributed by atoms with van der Waals surface area (Å²) in [5, 5.41) is 22.3. The lowest BCUT2D eigenvalue weighted by Gasteiger charge is -2.28. The zero-order valence-electron chi connectivity index (χ0n) is 19.9. The lowest BCUT2D eigenvalue weighted by atomic mass is 9.78. The number of phenolic OH excluding ortho intramolecular Hbond substituents is 1. The average molecular weight is 422 g/mol. The lowest BCUT2D eigenvalue weighted by molar-refractivity contribution is -0.575. The summed E-state index contributed by atoms with van der Waals surface area (Å²) >= 11 is 0. The monoisotopic (exact) mass is 421 g/mol. The van der Waals surface area contributed by atoms with Crippen molar-refractivity contribution in [2.24, 2.45) is 0 Å². The van der Waals surface area contributed by atoms with E-state index in [1.807, 2.05) is 60.6 Å². The molecule has 0 aliphatic carbocycles. The minimum Gasteiger partial charge on any atom is -0.507 e. The number of carbonyl (C=O) groups is 1. The standard InChI is InChI=1S/C24H39NO5/c1-9-13-24(10-2,25(28)29)16-30-20(26)12-11-17-14-18(22(3,4)5)21(27)19(15-17)23(6,7)8/h14-15,27H,9-13,16H2,1-8H3. The topological polar surface area (TPSA) is 89.7 Å². The van der Waals surface area contributed by atoms with Crippen molar-refractivity contribution >= 4 is 5.97 Å². The highest BCUT2D eigenvalue weighted by Gasteiger charge is 2.41. The zero-order chi connectivity index (χ0) is 23.3. The van der Waals surface area contributed by atoms with Crippen LogP contribution in [-0.4, -0.2) is 28.1 Å². The summed E-state index contributed by atoms with van der Waals surface area (Å²) in [6, 6.07) is 3.89. The second kappa shape index (κ2) is 9.80. The van der Waals surface area contributed by atoms with E-state index in [1.165, 1.54) is 0 Å². The van der Waals surface area contributed by atoms with Crippen LogP contribution in [0.5, 0.6) is 5.75 Å². The van der Waals surface area contributed by atoms with Crippen molar-refractivity contribution in [3.63, 3.8) is 0 Å². The van der Waals surface area contributed by atoms with Crippen molar-refractivity contribution < 1.29 is 19.6 Å². The first kappa shape index (κ1) is 25.9. The molecule has 0 amide bonds. The van der Waals surface area contributed by atoms with Gasteiger partial charge in [0.05, 0.1) is 0 Å². The molecule has 1 unspecified atom stereocenters. The Hall–Kier alpha value is -2.11. The van der Waals surface area contributed by atoms with Crippen LogP contribution in [0.3, 0.4) is 0 Å². The van der Waals surface area contributed by atoms with E-state index in [2.05, 4.69) is 0 Å². The molecule has 0 radical (unpaired) electrons. The van der Waals surface area contributed by atoms with Crippen molar-refractivity contribution in [3.05, 3.63) is 38.9 Å². The van der Waals surface area contributed by atoms with Gasteiger partial charge < -0.3 is 9.84 Å². The van der Waals surface area contributed by atoms with Crippen LogP contribution in [0.4, 0.5) is 0 Å². The molecule has 0 aromatic heterocycles. The van der Waals surface area contributed by atoms with Crippen molar-refractivity contribution in [1.29, 1.82) is 0 Å². The van der Waals surface area contributed by atoms with E-state index in [0.29, 0.717) is 31.4 Å². The highest BCUT2D eigenvalue weighted by atomic mass is 16.6. The second-order valence-corrected chi connectivity index (χ2v) is 10.3. The Morgan fingerprint density at radius 2 is 1.57 bits per heavy atom. The van der Waals surface area contributed by atoms with E-state index >= 15 is 0 Å². The smallest absolute Gasteiger partial charge is 0.306 e. The first-order valence-electron chi connectivity index (χ1n) is 10.8. The number of aromatic hydroxyl groups is 1. The van der Waals surface area contributed by atoms with Gasteiger partial charge in [0.1, 0.15) is 5.75 Å². The Labute approximate surface area is 181 Å². The summed E-state index contributed by atoms with van der Waals surface area (Å²) in [5.41, 5.74) is 0.950. The maximum Gasteiger partial charge on any atom is 0.306 e. The number of phenols is 1. The van der Waals surface area contributed by atoms with E-state index in [0.717, 1.165) is 16.7 Å². The average Bonchev–Trinajstić information content (AvgIpc) is 2.62. The molecule has 1 aromatic carbocycles. The van der Waals surface area contributed by atoms with Crippen molar-refractivity contribution in [3.8, 4) is 5.75 Å². The van der Waals surface area contributed by atoms with Crippen LogP contribution < -0.4 is 0 Å². The number of esters is 1. The number of nitro groups is 1. The van der Waals surface area contributed by atoms with E-state index < -0.39 is 11.5 Å². The fourth-order valence-corrected chi connectivity index (χ4v) is 3.60. The van der Waals surface area contributed by atoms with Gasteiger partial charge in [0.15, 0.2) is 6.61 Å². The van der Waals surface area contributed by atoms with Gasteiger partial charge in [-0.15, -0.1) is 0 Å². The molecule has 0 fully saturated rings. The summed E-state index contributed by atoms with van der Waals surface area (Å²) in [4.78, 5) is 23.6. The largest absolute Gasteiger partial charge is 0.507 e. The van der Waals surface area contributed by atoms with Crippen LogP contribution >= 0.6 is 0 Å². The van der Waals surface area contributed by atoms with Crippen LogP contribution in [0.25, 0.3) is 0 Å². The normalized spacial score (nSPS) is 14.3. The van der Waals surface area contributed by atoms with Gasteiger partial charge in [-0.1, -0.05) is 67.5 Å². The van der Waals surface area contributed by atoms with Gasteiger partial charge in [-0.3, -0.25) is 14.9 Å². The maximum atomic E-state index is 12.3. The molecule has 30 heavy (non-hydrogen) atoms. The first-order valence-corrected chi connectivity index (χ1v) is 10.8. The molecule has 1 N–H and O–H groups in total. The Kier molecular flexibility index (Phi) is 8.47. The predicted molar refractivity (Wildman–Crippen MR) is 120 cm³/mol. The maximum absolute atomic E-state index is 12.3. The predicted octanol–water partition coefficient (Wildman–Crippen LogP) is 5.69. The van der Waals surface area contributed by atoms with Crippen LogP contribution in [0.1, 0.15) is 97.8 Å². The number of hydrogen-bond donors (Lipinski definition) is 1. The van der Waals surface area contributed by atoms with Crippen molar-refractivity contribution in [1.82, 2.24) is 0 Å². The summed E-state index contributed by atoms with van der Waals surface area (Å²) in [6.07, 6.45) is 1.96. The Bertz CT molecular complexity index is 723. The molecule has 0 saturated carbocycles. The molecule has 0 spiro atoms. The third-order valence-corrected chi connectivity index (χ3v) is 5.67. The first-order chi connectivity index (χ1) is 13.7.